The number of hydrogen-bond donors (Lipinski definition) is 4. The van der Waals surface area contributed by atoms with E-state index in [1.54, 1.807) is 24.3 Å². The zero-order valence-electron chi connectivity index (χ0n) is 14.8. The van der Waals surface area contributed by atoms with Gasteiger partial charge >= 0.3 is 6.03 Å². The van der Waals surface area contributed by atoms with Crippen LogP contribution in [0.15, 0.2) is 24.3 Å². The third-order valence-electron chi connectivity index (χ3n) is 3.70. The maximum Gasteiger partial charge on any atom is 0.315 e. The molecule has 0 fully saturated rings. The lowest BCUT2D eigenvalue weighted by molar-refractivity contribution is -0.117. The summed E-state index contributed by atoms with van der Waals surface area (Å²) in [7, 11) is 0. The van der Waals surface area contributed by atoms with Crippen LogP contribution >= 0.6 is 0 Å². The Morgan fingerprint density at radius 1 is 1.00 bits per heavy atom. The molecule has 0 aromatic heterocycles. The van der Waals surface area contributed by atoms with Crippen molar-refractivity contribution < 1.29 is 14.4 Å². The Balaban J connectivity index is 2.34. The number of carbonyl (C=O) groups excluding carboxylic acids is 3. The van der Waals surface area contributed by atoms with Crippen LogP contribution in [0.1, 0.15) is 29.8 Å². The maximum atomic E-state index is 11.8. The SMILES string of the molecule is CCN(CC)CCNC(=O)NCc1ccc(C(=O)NCC(N)=O)cc1. The predicted molar refractivity (Wildman–Crippen MR) is 96.0 cm³/mol. The van der Waals surface area contributed by atoms with Gasteiger partial charge in [0.05, 0.1) is 6.54 Å². The molecule has 8 heteroatoms. The third kappa shape index (κ3) is 8.16. The number of nitrogens with two attached hydrogens (primary N) is 1. The topological polar surface area (TPSA) is 117 Å². The molecule has 0 aliphatic carbocycles. The molecule has 1 aromatic carbocycles. The summed E-state index contributed by atoms with van der Waals surface area (Å²) in [4.78, 5) is 36.4. The van der Waals surface area contributed by atoms with E-state index >= 15 is 0 Å². The second-order valence-electron chi connectivity index (χ2n) is 5.48. The molecular formula is C17H27N5O3. The first-order chi connectivity index (χ1) is 12.0. The van der Waals surface area contributed by atoms with Gasteiger partial charge in [-0.05, 0) is 30.8 Å². The van der Waals surface area contributed by atoms with Crippen molar-refractivity contribution in [2.75, 3.05) is 32.7 Å². The highest BCUT2D eigenvalue weighted by molar-refractivity contribution is 5.96. The van der Waals surface area contributed by atoms with E-state index in [1.807, 2.05) is 0 Å². The Labute approximate surface area is 148 Å². The van der Waals surface area contributed by atoms with Crippen molar-refractivity contribution in [2.45, 2.75) is 20.4 Å². The van der Waals surface area contributed by atoms with Gasteiger partial charge in [-0.1, -0.05) is 26.0 Å². The Hall–Kier alpha value is -2.61. The minimum Gasteiger partial charge on any atom is -0.368 e. The number of nitrogens with one attached hydrogen (secondary N) is 3. The minimum absolute atomic E-state index is 0.199. The third-order valence-corrected chi connectivity index (χ3v) is 3.70. The summed E-state index contributed by atoms with van der Waals surface area (Å²) >= 11 is 0. The zero-order chi connectivity index (χ0) is 18.7. The van der Waals surface area contributed by atoms with Gasteiger partial charge in [0.25, 0.3) is 5.91 Å². The quantitative estimate of drug-likeness (QED) is 0.477. The van der Waals surface area contributed by atoms with E-state index in [2.05, 4.69) is 34.7 Å². The van der Waals surface area contributed by atoms with Crippen molar-refractivity contribution in [3.8, 4) is 0 Å². The van der Waals surface area contributed by atoms with E-state index in [1.165, 1.54) is 0 Å². The molecule has 8 nitrogen and oxygen atoms in total. The van der Waals surface area contributed by atoms with Gasteiger partial charge in [0.2, 0.25) is 5.91 Å². The first kappa shape index (κ1) is 20.4. The molecule has 0 aliphatic rings. The molecule has 0 atom stereocenters. The van der Waals surface area contributed by atoms with Gasteiger partial charge in [-0.15, -0.1) is 0 Å². The molecule has 0 unspecified atom stereocenters. The number of urea groups is 1. The Kier molecular flexibility index (Phi) is 9.02. The second-order valence-corrected chi connectivity index (χ2v) is 5.48. The highest BCUT2D eigenvalue weighted by Crippen LogP contribution is 2.04. The lowest BCUT2D eigenvalue weighted by atomic mass is 10.1. The lowest BCUT2D eigenvalue weighted by Gasteiger charge is -2.18. The van der Waals surface area contributed by atoms with Gasteiger partial charge in [0, 0.05) is 25.2 Å². The molecule has 0 bridgehead atoms. The zero-order valence-corrected chi connectivity index (χ0v) is 14.8. The molecule has 0 saturated carbocycles. The summed E-state index contributed by atoms with van der Waals surface area (Å²) in [6, 6.07) is 6.53. The molecule has 0 radical (unpaired) electrons. The van der Waals surface area contributed by atoms with Crippen molar-refractivity contribution in [2.24, 2.45) is 5.73 Å². The largest absolute Gasteiger partial charge is 0.368 e. The molecular weight excluding hydrogens is 322 g/mol. The van der Waals surface area contributed by atoms with Crippen LogP contribution in [0.5, 0.6) is 0 Å². The van der Waals surface area contributed by atoms with Crippen molar-refractivity contribution in [1.29, 1.82) is 0 Å². The van der Waals surface area contributed by atoms with Gasteiger partial charge in [-0.2, -0.15) is 0 Å². The van der Waals surface area contributed by atoms with Gasteiger partial charge in [0.1, 0.15) is 0 Å². The molecule has 1 aromatic rings. The first-order valence-electron chi connectivity index (χ1n) is 8.35. The van der Waals surface area contributed by atoms with Crippen molar-refractivity contribution in [3.05, 3.63) is 35.4 Å². The van der Waals surface area contributed by atoms with Crippen LogP contribution in [0.2, 0.25) is 0 Å². The van der Waals surface area contributed by atoms with Gasteiger partial charge in [-0.25, -0.2) is 4.79 Å². The van der Waals surface area contributed by atoms with Crippen LogP contribution in [0.25, 0.3) is 0 Å². The second kappa shape index (κ2) is 11.0. The van der Waals surface area contributed by atoms with E-state index in [0.29, 0.717) is 18.7 Å². The summed E-state index contributed by atoms with van der Waals surface area (Å²) in [6.07, 6.45) is 0. The van der Waals surface area contributed by atoms with Gasteiger partial charge < -0.3 is 26.6 Å². The Bertz CT molecular complexity index is 570. The first-order valence-corrected chi connectivity index (χ1v) is 8.35. The van der Waals surface area contributed by atoms with E-state index in [-0.39, 0.29) is 18.5 Å². The molecule has 138 valence electrons. The molecule has 0 aliphatic heterocycles. The summed E-state index contributed by atoms with van der Waals surface area (Å²) in [5, 5.41) is 7.99. The summed E-state index contributed by atoms with van der Waals surface area (Å²) < 4.78 is 0. The van der Waals surface area contributed by atoms with Crippen molar-refractivity contribution >= 4 is 17.8 Å². The van der Waals surface area contributed by atoms with Crippen LogP contribution in [-0.2, 0) is 11.3 Å². The van der Waals surface area contributed by atoms with Crippen LogP contribution in [0, 0.1) is 0 Å². The Morgan fingerprint density at radius 3 is 2.20 bits per heavy atom. The van der Waals surface area contributed by atoms with E-state index in [4.69, 9.17) is 5.73 Å². The van der Waals surface area contributed by atoms with Crippen LogP contribution in [-0.4, -0.2) is 55.5 Å². The minimum atomic E-state index is -0.596. The number of amides is 4. The van der Waals surface area contributed by atoms with Gasteiger partial charge in [0.15, 0.2) is 0 Å². The monoisotopic (exact) mass is 349 g/mol. The standard InChI is InChI=1S/C17H27N5O3/c1-3-22(4-2)10-9-19-17(25)21-11-13-5-7-14(8-6-13)16(24)20-12-15(18)23/h5-8H,3-4,9-12H2,1-2H3,(H2,18,23)(H,20,24)(H2,19,21,25). The summed E-state index contributed by atoms with van der Waals surface area (Å²) in [5.41, 5.74) is 6.27. The van der Waals surface area contributed by atoms with Crippen LogP contribution in [0.4, 0.5) is 4.79 Å². The summed E-state index contributed by atoms with van der Waals surface area (Å²) in [6.45, 7) is 7.65. The fourth-order valence-corrected chi connectivity index (χ4v) is 2.16. The fraction of sp³-hybridized carbons (Fsp3) is 0.471. The molecule has 0 saturated heterocycles. The highest BCUT2D eigenvalue weighted by Gasteiger charge is 2.07. The lowest BCUT2D eigenvalue weighted by Crippen LogP contribution is -2.40. The van der Waals surface area contributed by atoms with Gasteiger partial charge in [-0.3, -0.25) is 9.59 Å². The molecule has 4 amide bonds. The number of carbonyl (C=O) groups is 3. The molecule has 25 heavy (non-hydrogen) atoms. The van der Waals surface area contributed by atoms with Crippen molar-refractivity contribution in [3.63, 3.8) is 0 Å². The summed E-state index contributed by atoms with van der Waals surface area (Å²) in [5.74, 6) is -0.964. The number of likely N-dealkylation sites (N-methyl/N-ethyl adjacent to an activating group) is 1. The van der Waals surface area contributed by atoms with E-state index in [9.17, 15) is 14.4 Å². The molecule has 5 N–H and O–H groups in total. The van der Waals surface area contributed by atoms with E-state index in [0.717, 1.165) is 25.2 Å². The number of rotatable bonds is 10. The fourth-order valence-electron chi connectivity index (χ4n) is 2.16. The normalized spacial score (nSPS) is 10.4. The molecule has 0 heterocycles. The van der Waals surface area contributed by atoms with Crippen LogP contribution < -0.4 is 21.7 Å². The number of nitrogens with zero attached hydrogens (tertiary/aromatic N) is 1. The average Bonchev–Trinajstić information content (AvgIpc) is 2.62. The van der Waals surface area contributed by atoms with Crippen molar-refractivity contribution in [1.82, 2.24) is 20.9 Å². The van der Waals surface area contributed by atoms with Crippen LogP contribution in [0.3, 0.4) is 0 Å². The average molecular weight is 349 g/mol. The molecule has 0 spiro atoms. The maximum absolute atomic E-state index is 11.8. The number of hydrogen-bond acceptors (Lipinski definition) is 4. The number of benzene rings is 1. The highest BCUT2D eigenvalue weighted by atomic mass is 16.2. The predicted octanol–water partition coefficient (Wildman–Crippen LogP) is 0.0427. The number of primary amides is 1. The smallest absolute Gasteiger partial charge is 0.315 e. The Morgan fingerprint density at radius 2 is 1.64 bits per heavy atom. The van der Waals surface area contributed by atoms with E-state index < -0.39 is 5.91 Å². The molecule has 1 rings (SSSR count).